The van der Waals surface area contributed by atoms with Crippen molar-refractivity contribution in [3.8, 4) is 11.5 Å². The summed E-state index contributed by atoms with van der Waals surface area (Å²) in [7, 11) is -3.16. The molecule has 2 atom stereocenters. The minimum Gasteiger partial charge on any atom is -0.424 e. The Bertz CT molecular complexity index is 1270. The number of hydrogen-bond acceptors (Lipinski definition) is 8. The van der Waals surface area contributed by atoms with Crippen molar-refractivity contribution >= 4 is 24.1 Å². The molecule has 0 radical (unpaired) electrons. The fraction of sp³-hybridized carbons (Fsp3) is 0.150. The highest BCUT2D eigenvalue weighted by Crippen LogP contribution is 2.94. The summed E-state index contributed by atoms with van der Waals surface area (Å²) in [6.45, 7) is 0. The summed E-state index contributed by atoms with van der Waals surface area (Å²) < 4.78 is 34.0. The Morgan fingerprint density at radius 2 is 1.60 bits per heavy atom. The third-order valence-electron chi connectivity index (χ3n) is 5.34. The maximum absolute atomic E-state index is 14.1. The Balaban J connectivity index is 1.42. The third-order valence-corrected chi connectivity index (χ3v) is 8.59. The molecule has 30 heavy (non-hydrogen) atoms. The first-order valence-corrected chi connectivity index (χ1v) is 11.2. The molecule has 0 spiro atoms. The number of nitrogen functional groups attached to an aromatic ring is 1. The van der Waals surface area contributed by atoms with Crippen LogP contribution in [0.3, 0.4) is 0 Å². The zero-order valence-electron chi connectivity index (χ0n) is 15.6. The van der Waals surface area contributed by atoms with Gasteiger partial charge >= 0.3 is 5.71 Å². The van der Waals surface area contributed by atoms with Crippen molar-refractivity contribution in [1.29, 1.82) is 0 Å². The average molecular weight is 421 g/mol. The Hall–Kier alpha value is -3.42. The number of nitrogens with two attached hydrogens (primary N) is 1. The average Bonchev–Trinajstić information content (AvgIpc) is 3.07. The molecule has 2 aromatic heterocycles. The van der Waals surface area contributed by atoms with Crippen LogP contribution in [0.1, 0.15) is 0 Å². The molecule has 0 saturated carbocycles. The normalized spacial score (nSPS) is 25.9. The summed E-state index contributed by atoms with van der Waals surface area (Å²) in [5.41, 5.74) is 3.92. The summed E-state index contributed by atoms with van der Waals surface area (Å²) in [5.74, 6) is 1.23. The fourth-order valence-corrected chi connectivity index (χ4v) is 6.98. The molecule has 2 fully saturated rings. The zero-order valence-corrected chi connectivity index (χ0v) is 16.5. The molecule has 0 aliphatic carbocycles. The molecule has 2 saturated heterocycles. The Morgan fingerprint density at radius 3 is 2.20 bits per heavy atom. The molecule has 9 nitrogen and oxygen atoms in total. The highest BCUT2D eigenvalue weighted by atomic mass is 31.2. The molecule has 6 rings (SSSR count). The number of anilines is 1. The Kier molecular flexibility index (Phi) is 3.38. The fourth-order valence-electron chi connectivity index (χ4n) is 3.81. The maximum atomic E-state index is 14.1. The van der Waals surface area contributed by atoms with Gasteiger partial charge < -0.3 is 19.8 Å². The van der Waals surface area contributed by atoms with Crippen molar-refractivity contribution < 1.29 is 18.8 Å². The van der Waals surface area contributed by atoms with E-state index in [4.69, 9.17) is 19.9 Å². The summed E-state index contributed by atoms with van der Waals surface area (Å²) in [6.07, 6.45) is 3.09. The third kappa shape index (κ3) is 2.16. The van der Waals surface area contributed by atoms with Crippen LogP contribution in [0.15, 0.2) is 73.3 Å². The van der Waals surface area contributed by atoms with E-state index in [0.717, 1.165) is 0 Å². The second kappa shape index (κ2) is 5.81. The Morgan fingerprint density at radius 1 is 0.967 bits per heavy atom. The van der Waals surface area contributed by atoms with Gasteiger partial charge in [-0.2, -0.15) is 0 Å². The first-order chi connectivity index (χ1) is 14.6. The summed E-state index contributed by atoms with van der Waals surface area (Å²) in [6, 6.07) is 18.1. The highest BCUT2D eigenvalue weighted by Gasteiger charge is 2.94. The summed E-state index contributed by atoms with van der Waals surface area (Å²) >= 11 is 0. The molecular weight excluding hydrogens is 405 g/mol. The number of para-hydroxylation sites is 2. The largest absolute Gasteiger partial charge is 0.432 e. The molecule has 2 aliphatic rings. The lowest BCUT2D eigenvalue weighted by atomic mass is 10.3. The second-order valence-electron chi connectivity index (χ2n) is 7.14. The van der Waals surface area contributed by atoms with E-state index >= 15 is 0 Å². The maximum Gasteiger partial charge on any atom is 0.432 e. The van der Waals surface area contributed by atoms with Crippen molar-refractivity contribution in [3.05, 3.63) is 73.3 Å². The van der Waals surface area contributed by atoms with Crippen molar-refractivity contribution in [2.75, 3.05) is 11.9 Å². The first kappa shape index (κ1) is 17.4. The number of nitrogens with zero attached hydrogens (tertiary/aromatic N) is 4. The van der Waals surface area contributed by atoms with E-state index in [1.165, 1.54) is 12.7 Å². The first-order valence-electron chi connectivity index (χ1n) is 9.29. The summed E-state index contributed by atoms with van der Waals surface area (Å²) in [4.78, 5) is 12.5. The van der Waals surface area contributed by atoms with Crippen LogP contribution in [0.5, 0.6) is 11.5 Å². The number of benzene rings is 2. The molecular formula is C20H16N5O4P. The monoisotopic (exact) mass is 421 g/mol. The van der Waals surface area contributed by atoms with Gasteiger partial charge in [-0.05, 0) is 24.3 Å². The lowest BCUT2D eigenvalue weighted by Crippen LogP contribution is -2.54. The zero-order chi connectivity index (χ0) is 20.4. The molecule has 4 heterocycles. The Labute approximate surface area is 170 Å². The van der Waals surface area contributed by atoms with Crippen LogP contribution >= 0.6 is 7.14 Å². The van der Waals surface area contributed by atoms with Crippen molar-refractivity contribution in [2.45, 2.75) is 11.2 Å². The van der Waals surface area contributed by atoms with Crippen LogP contribution < -0.4 is 15.2 Å². The van der Waals surface area contributed by atoms with Crippen molar-refractivity contribution in [3.63, 3.8) is 0 Å². The molecule has 2 N–H and O–H groups in total. The smallest absolute Gasteiger partial charge is 0.424 e. The molecule has 2 aromatic carbocycles. The van der Waals surface area contributed by atoms with Crippen molar-refractivity contribution in [2.24, 2.45) is 0 Å². The molecule has 2 aliphatic heterocycles. The highest BCUT2D eigenvalue weighted by molar-refractivity contribution is 7.74. The van der Waals surface area contributed by atoms with E-state index in [1.807, 2.05) is 36.4 Å². The van der Waals surface area contributed by atoms with Gasteiger partial charge in [0.05, 0.1) is 12.5 Å². The van der Waals surface area contributed by atoms with Gasteiger partial charge in [0.25, 0.3) is 7.14 Å². The van der Waals surface area contributed by atoms with Crippen LogP contribution in [0.4, 0.5) is 5.82 Å². The molecule has 0 amide bonds. The number of ether oxygens (including phenoxy) is 3. The van der Waals surface area contributed by atoms with Gasteiger partial charge in [-0.15, -0.1) is 0 Å². The van der Waals surface area contributed by atoms with Crippen LogP contribution in [0.25, 0.3) is 11.2 Å². The van der Waals surface area contributed by atoms with Gasteiger partial charge in [0.2, 0.25) is 5.47 Å². The topological polar surface area (TPSA) is 114 Å². The molecule has 150 valence electrons. The lowest BCUT2D eigenvalue weighted by Gasteiger charge is -2.43. The predicted molar refractivity (Wildman–Crippen MR) is 108 cm³/mol. The number of hydrogen-bond donors (Lipinski definition) is 1. The van der Waals surface area contributed by atoms with Gasteiger partial charge in [-0.25, -0.2) is 15.0 Å². The van der Waals surface area contributed by atoms with Crippen LogP contribution in [0.2, 0.25) is 0 Å². The molecule has 4 aromatic rings. The second-order valence-corrected chi connectivity index (χ2v) is 10.2. The number of aromatic nitrogens is 4. The van der Waals surface area contributed by atoms with Crippen LogP contribution in [-0.4, -0.2) is 31.4 Å². The van der Waals surface area contributed by atoms with Gasteiger partial charge in [-0.1, -0.05) is 36.4 Å². The van der Waals surface area contributed by atoms with Crippen LogP contribution in [0, 0.1) is 0 Å². The SMILES string of the molecule is Nc1ncnc2c1ncn2C12CP1(=O)C(Oc1ccccc1)(Oc1ccccc1)O2. The van der Waals surface area contributed by atoms with E-state index in [-0.39, 0.29) is 12.0 Å². The van der Waals surface area contributed by atoms with Gasteiger partial charge in [0, 0.05) is 0 Å². The molecule has 10 heteroatoms. The standard InChI is InChI=1S/C20H16N5O4P/c21-17-16-18(23-12-22-17)25(13-24-16)19-11-30(19,26)20(29-19,27-14-7-3-1-4-8-14)28-15-9-5-2-6-10-15/h1-10,12-13H,11H2,(H2,21,22,23). The van der Waals surface area contributed by atoms with Gasteiger partial charge in [0.15, 0.2) is 11.5 Å². The molecule has 2 unspecified atom stereocenters. The van der Waals surface area contributed by atoms with E-state index in [1.54, 1.807) is 28.8 Å². The minimum absolute atomic E-state index is 0.231. The van der Waals surface area contributed by atoms with Crippen LogP contribution in [-0.2, 0) is 14.8 Å². The summed E-state index contributed by atoms with van der Waals surface area (Å²) in [5, 5.41) is 0. The van der Waals surface area contributed by atoms with E-state index in [9.17, 15) is 4.57 Å². The minimum atomic E-state index is -3.16. The van der Waals surface area contributed by atoms with E-state index < -0.39 is 18.3 Å². The number of imidazole rings is 1. The molecule has 0 bridgehead atoms. The van der Waals surface area contributed by atoms with Crippen molar-refractivity contribution in [1.82, 2.24) is 19.5 Å². The van der Waals surface area contributed by atoms with E-state index in [0.29, 0.717) is 22.7 Å². The van der Waals surface area contributed by atoms with Gasteiger partial charge in [-0.3, -0.25) is 9.30 Å². The quantitative estimate of drug-likeness (QED) is 0.386. The lowest BCUT2D eigenvalue weighted by molar-refractivity contribution is -0.303. The number of rotatable bonds is 5. The predicted octanol–water partition coefficient (Wildman–Crippen LogP) is 3.20. The van der Waals surface area contributed by atoms with Gasteiger partial charge in [0.1, 0.15) is 23.3 Å². The van der Waals surface area contributed by atoms with E-state index in [2.05, 4.69) is 15.0 Å². The number of fused-ring (bicyclic) bond motifs is 2.